The Morgan fingerprint density at radius 1 is 1.40 bits per heavy atom. The first kappa shape index (κ1) is 14.4. The number of nitrogens with two attached hydrogens (primary N) is 1. The van der Waals surface area contributed by atoms with Gasteiger partial charge in [-0.25, -0.2) is 4.98 Å². The summed E-state index contributed by atoms with van der Waals surface area (Å²) in [5.74, 6) is 2.96. The Balaban J connectivity index is 1.57. The molecule has 0 saturated carbocycles. The maximum absolute atomic E-state index is 6.40. The molecule has 20 heavy (non-hydrogen) atoms. The number of thioether (sulfide) groups is 1. The second-order valence-corrected chi connectivity index (χ2v) is 6.84. The molecule has 2 N–H and O–H groups in total. The molecule has 1 aromatic rings. The zero-order chi connectivity index (χ0) is 13.8. The molecule has 3 heterocycles. The Morgan fingerprint density at radius 2 is 2.25 bits per heavy atom. The predicted octanol–water partition coefficient (Wildman–Crippen LogP) is 0.968. The summed E-state index contributed by atoms with van der Waals surface area (Å²) in [4.78, 5) is 6.83. The maximum Gasteiger partial charge on any atom is 0.0949 e. The molecule has 5 nitrogen and oxygen atoms in total. The third-order valence-corrected chi connectivity index (χ3v) is 5.26. The predicted molar refractivity (Wildman–Crippen MR) is 81.8 cm³/mol. The van der Waals surface area contributed by atoms with Gasteiger partial charge in [0.2, 0.25) is 0 Å². The Hall–Kier alpha value is -0.560. The SMILES string of the molecule is NC(c1cncn1CCN1CCSCC1)C1CCOC1. The van der Waals surface area contributed by atoms with Crippen LogP contribution < -0.4 is 5.73 Å². The molecule has 2 saturated heterocycles. The Kier molecular flexibility index (Phi) is 4.99. The van der Waals surface area contributed by atoms with Gasteiger partial charge in [0.15, 0.2) is 0 Å². The van der Waals surface area contributed by atoms with Gasteiger partial charge in [-0.2, -0.15) is 11.8 Å². The number of imidazole rings is 1. The summed E-state index contributed by atoms with van der Waals surface area (Å²) < 4.78 is 7.68. The zero-order valence-corrected chi connectivity index (χ0v) is 12.7. The molecule has 2 fully saturated rings. The number of hydrogen-bond acceptors (Lipinski definition) is 5. The minimum Gasteiger partial charge on any atom is -0.381 e. The second-order valence-electron chi connectivity index (χ2n) is 5.62. The maximum atomic E-state index is 6.40. The minimum atomic E-state index is 0.0527. The number of aromatic nitrogens is 2. The van der Waals surface area contributed by atoms with Crippen LogP contribution in [0.5, 0.6) is 0 Å². The van der Waals surface area contributed by atoms with Crippen LogP contribution in [-0.4, -0.2) is 58.8 Å². The lowest BCUT2D eigenvalue weighted by atomic mass is 9.97. The molecular formula is C14H24N4OS. The van der Waals surface area contributed by atoms with Gasteiger partial charge in [0.25, 0.3) is 0 Å². The van der Waals surface area contributed by atoms with E-state index in [2.05, 4.69) is 26.2 Å². The fourth-order valence-electron chi connectivity index (χ4n) is 2.95. The van der Waals surface area contributed by atoms with E-state index in [1.165, 1.54) is 24.6 Å². The van der Waals surface area contributed by atoms with Gasteiger partial charge in [-0.05, 0) is 6.42 Å². The van der Waals surface area contributed by atoms with Gasteiger partial charge in [-0.1, -0.05) is 0 Å². The van der Waals surface area contributed by atoms with Crippen LogP contribution in [0.3, 0.4) is 0 Å². The van der Waals surface area contributed by atoms with E-state index in [0.29, 0.717) is 5.92 Å². The minimum absolute atomic E-state index is 0.0527. The van der Waals surface area contributed by atoms with E-state index in [0.717, 1.165) is 38.4 Å². The summed E-state index contributed by atoms with van der Waals surface area (Å²) in [5, 5.41) is 0. The molecule has 2 atom stereocenters. The lowest BCUT2D eigenvalue weighted by Gasteiger charge is -2.27. The van der Waals surface area contributed by atoms with Crippen molar-refractivity contribution in [2.45, 2.75) is 19.0 Å². The quantitative estimate of drug-likeness (QED) is 0.877. The number of rotatable bonds is 5. The van der Waals surface area contributed by atoms with E-state index in [1.807, 2.05) is 12.5 Å². The molecule has 2 aliphatic heterocycles. The average molecular weight is 296 g/mol. The fraction of sp³-hybridized carbons (Fsp3) is 0.786. The van der Waals surface area contributed by atoms with Gasteiger partial charge in [-0.3, -0.25) is 4.90 Å². The summed E-state index contributed by atoms with van der Waals surface area (Å²) >= 11 is 2.05. The highest BCUT2D eigenvalue weighted by molar-refractivity contribution is 7.99. The molecule has 112 valence electrons. The third kappa shape index (κ3) is 3.36. The Labute approximate surface area is 124 Å². The van der Waals surface area contributed by atoms with Crippen LogP contribution in [0, 0.1) is 5.92 Å². The van der Waals surface area contributed by atoms with Crippen LogP contribution in [0.25, 0.3) is 0 Å². The van der Waals surface area contributed by atoms with Crippen LogP contribution in [0.4, 0.5) is 0 Å². The Morgan fingerprint density at radius 3 is 3.00 bits per heavy atom. The zero-order valence-electron chi connectivity index (χ0n) is 11.9. The van der Waals surface area contributed by atoms with Crippen molar-refractivity contribution in [2.75, 3.05) is 44.4 Å². The van der Waals surface area contributed by atoms with E-state index in [-0.39, 0.29) is 6.04 Å². The largest absolute Gasteiger partial charge is 0.381 e. The summed E-state index contributed by atoms with van der Waals surface area (Å²) in [7, 11) is 0. The molecule has 0 spiro atoms. The molecular weight excluding hydrogens is 272 g/mol. The van der Waals surface area contributed by atoms with Crippen LogP contribution in [-0.2, 0) is 11.3 Å². The smallest absolute Gasteiger partial charge is 0.0949 e. The van der Waals surface area contributed by atoms with Gasteiger partial charge >= 0.3 is 0 Å². The van der Waals surface area contributed by atoms with Gasteiger partial charge in [0.05, 0.1) is 24.7 Å². The molecule has 0 aliphatic carbocycles. The van der Waals surface area contributed by atoms with Crippen molar-refractivity contribution in [3.05, 3.63) is 18.2 Å². The van der Waals surface area contributed by atoms with E-state index >= 15 is 0 Å². The molecule has 3 rings (SSSR count). The molecule has 1 aromatic heterocycles. The summed E-state index contributed by atoms with van der Waals surface area (Å²) in [6, 6.07) is 0.0527. The molecule has 0 bridgehead atoms. The van der Waals surface area contributed by atoms with E-state index < -0.39 is 0 Å². The summed E-state index contributed by atoms with van der Waals surface area (Å²) in [5.41, 5.74) is 7.56. The monoisotopic (exact) mass is 296 g/mol. The molecule has 0 amide bonds. The lowest BCUT2D eigenvalue weighted by Crippen LogP contribution is -2.35. The third-order valence-electron chi connectivity index (χ3n) is 4.32. The van der Waals surface area contributed by atoms with Gasteiger partial charge in [0.1, 0.15) is 0 Å². The van der Waals surface area contributed by atoms with Crippen molar-refractivity contribution in [3.63, 3.8) is 0 Å². The lowest BCUT2D eigenvalue weighted by molar-refractivity contribution is 0.180. The average Bonchev–Trinajstić information content (AvgIpc) is 3.17. The fourth-order valence-corrected chi connectivity index (χ4v) is 3.93. The summed E-state index contributed by atoms with van der Waals surface area (Å²) in [6.45, 7) is 6.13. The van der Waals surface area contributed by atoms with Crippen molar-refractivity contribution < 1.29 is 4.74 Å². The highest BCUT2D eigenvalue weighted by Gasteiger charge is 2.26. The van der Waals surface area contributed by atoms with Crippen LogP contribution >= 0.6 is 11.8 Å². The van der Waals surface area contributed by atoms with Crippen molar-refractivity contribution in [2.24, 2.45) is 11.7 Å². The van der Waals surface area contributed by atoms with E-state index in [1.54, 1.807) is 0 Å². The summed E-state index contributed by atoms with van der Waals surface area (Å²) in [6.07, 6.45) is 4.91. The van der Waals surface area contributed by atoms with Crippen molar-refractivity contribution in [1.29, 1.82) is 0 Å². The second kappa shape index (κ2) is 6.93. The molecule has 2 unspecified atom stereocenters. The first-order valence-corrected chi connectivity index (χ1v) is 8.63. The topological polar surface area (TPSA) is 56.3 Å². The van der Waals surface area contributed by atoms with Crippen molar-refractivity contribution in [1.82, 2.24) is 14.5 Å². The molecule has 0 radical (unpaired) electrons. The standard InChI is InChI=1S/C14H24N4OS/c15-14(12-1-6-19-10-12)13-9-16-11-18(13)3-2-17-4-7-20-8-5-17/h9,11-12,14H,1-8,10,15H2. The van der Waals surface area contributed by atoms with E-state index in [4.69, 9.17) is 10.5 Å². The van der Waals surface area contributed by atoms with Gasteiger partial charge in [0, 0.05) is 56.4 Å². The molecule has 0 aromatic carbocycles. The van der Waals surface area contributed by atoms with Gasteiger partial charge < -0.3 is 15.0 Å². The number of ether oxygens (including phenoxy) is 1. The van der Waals surface area contributed by atoms with Crippen LogP contribution in [0.15, 0.2) is 12.5 Å². The first-order valence-electron chi connectivity index (χ1n) is 7.48. The normalized spacial score (nSPS) is 25.9. The van der Waals surface area contributed by atoms with Crippen LogP contribution in [0.1, 0.15) is 18.2 Å². The molecule has 2 aliphatic rings. The van der Waals surface area contributed by atoms with Crippen molar-refractivity contribution in [3.8, 4) is 0 Å². The van der Waals surface area contributed by atoms with Gasteiger partial charge in [-0.15, -0.1) is 0 Å². The number of hydrogen-bond donors (Lipinski definition) is 1. The van der Waals surface area contributed by atoms with Crippen molar-refractivity contribution >= 4 is 11.8 Å². The Bertz CT molecular complexity index is 413. The van der Waals surface area contributed by atoms with E-state index in [9.17, 15) is 0 Å². The first-order chi connectivity index (χ1) is 9.84. The number of nitrogens with zero attached hydrogens (tertiary/aromatic N) is 3. The highest BCUT2D eigenvalue weighted by atomic mass is 32.2. The molecule has 6 heteroatoms. The highest BCUT2D eigenvalue weighted by Crippen LogP contribution is 2.26. The van der Waals surface area contributed by atoms with Crippen LogP contribution in [0.2, 0.25) is 0 Å².